The van der Waals surface area contributed by atoms with Crippen molar-refractivity contribution in [2.75, 3.05) is 0 Å². The summed E-state index contributed by atoms with van der Waals surface area (Å²) in [5.41, 5.74) is -1.19. The van der Waals surface area contributed by atoms with Gasteiger partial charge in [0.2, 0.25) is 5.75 Å². The van der Waals surface area contributed by atoms with Crippen LogP contribution in [-0.2, 0) is 0 Å². The molecule has 2 rings (SSSR count). The van der Waals surface area contributed by atoms with Crippen LogP contribution in [0.4, 0.5) is 10.1 Å². The van der Waals surface area contributed by atoms with E-state index in [1.807, 2.05) is 0 Å². The second-order valence-corrected chi connectivity index (χ2v) is 4.75. The number of nitrogens with zero attached hydrogens (tertiary/aromatic N) is 1. The third kappa shape index (κ3) is 3.16. The molecule has 0 atom stereocenters. The van der Waals surface area contributed by atoms with Crippen LogP contribution in [0.2, 0.25) is 0 Å². The first kappa shape index (κ1) is 14.9. The predicted octanol–water partition coefficient (Wildman–Crippen LogP) is 3.99. The highest BCUT2D eigenvalue weighted by molar-refractivity contribution is 9.10. The fourth-order valence-electron chi connectivity index (χ4n) is 1.63. The van der Waals surface area contributed by atoms with Gasteiger partial charge in [-0.1, -0.05) is 6.07 Å². The van der Waals surface area contributed by atoms with Gasteiger partial charge >= 0.3 is 11.7 Å². The topological polar surface area (TPSA) is 89.7 Å². The standard InChI is InChI=1S/C13H7BrFNO5/c14-9-5-4-7(6-10(9)15)21-11-3-1-2-8(13(17)18)12(11)16(19)20/h1-6H,(H,17,18). The Morgan fingerprint density at radius 2 is 2.05 bits per heavy atom. The maximum Gasteiger partial charge on any atom is 0.342 e. The van der Waals surface area contributed by atoms with Gasteiger partial charge in [-0.25, -0.2) is 9.18 Å². The summed E-state index contributed by atoms with van der Waals surface area (Å²) in [6.07, 6.45) is 0. The van der Waals surface area contributed by atoms with Crippen molar-refractivity contribution in [2.45, 2.75) is 0 Å². The van der Waals surface area contributed by atoms with E-state index in [-0.39, 0.29) is 16.0 Å². The quantitative estimate of drug-likeness (QED) is 0.661. The fraction of sp³-hybridized carbons (Fsp3) is 0. The molecule has 0 heterocycles. The van der Waals surface area contributed by atoms with Crippen molar-refractivity contribution >= 4 is 27.6 Å². The number of carboxylic acid groups (broad SMARTS) is 1. The number of aromatic carboxylic acids is 1. The van der Waals surface area contributed by atoms with Gasteiger partial charge in [-0.15, -0.1) is 0 Å². The highest BCUT2D eigenvalue weighted by Gasteiger charge is 2.25. The zero-order chi connectivity index (χ0) is 15.6. The lowest BCUT2D eigenvalue weighted by Gasteiger charge is -2.08. The van der Waals surface area contributed by atoms with Crippen LogP contribution in [0.3, 0.4) is 0 Å². The van der Waals surface area contributed by atoms with Crippen molar-refractivity contribution in [3.8, 4) is 11.5 Å². The summed E-state index contributed by atoms with van der Waals surface area (Å²) in [4.78, 5) is 21.2. The van der Waals surface area contributed by atoms with E-state index in [0.717, 1.165) is 12.1 Å². The van der Waals surface area contributed by atoms with E-state index in [9.17, 15) is 19.3 Å². The zero-order valence-corrected chi connectivity index (χ0v) is 11.8. The molecule has 0 spiro atoms. The number of rotatable bonds is 4. The van der Waals surface area contributed by atoms with E-state index < -0.39 is 28.0 Å². The average Bonchev–Trinajstić information content (AvgIpc) is 2.42. The molecule has 0 saturated heterocycles. The number of hydrogen-bond acceptors (Lipinski definition) is 4. The van der Waals surface area contributed by atoms with Crippen molar-refractivity contribution in [3.05, 3.63) is 62.4 Å². The Kier molecular flexibility index (Phi) is 4.18. The number of benzene rings is 2. The molecule has 0 fully saturated rings. The van der Waals surface area contributed by atoms with E-state index in [1.165, 1.54) is 24.3 Å². The minimum Gasteiger partial charge on any atom is -0.477 e. The molecular weight excluding hydrogens is 349 g/mol. The largest absolute Gasteiger partial charge is 0.477 e. The third-order valence-electron chi connectivity index (χ3n) is 2.53. The van der Waals surface area contributed by atoms with Crippen molar-refractivity contribution < 1.29 is 24.0 Å². The van der Waals surface area contributed by atoms with Crippen molar-refractivity contribution in [1.29, 1.82) is 0 Å². The van der Waals surface area contributed by atoms with Crippen molar-refractivity contribution in [2.24, 2.45) is 0 Å². The molecule has 21 heavy (non-hydrogen) atoms. The van der Waals surface area contributed by atoms with Crippen LogP contribution >= 0.6 is 15.9 Å². The van der Waals surface area contributed by atoms with E-state index >= 15 is 0 Å². The Bertz CT molecular complexity index is 734. The third-order valence-corrected chi connectivity index (χ3v) is 3.17. The predicted molar refractivity (Wildman–Crippen MR) is 74.2 cm³/mol. The highest BCUT2D eigenvalue weighted by Crippen LogP contribution is 2.35. The first-order valence-corrected chi connectivity index (χ1v) is 6.33. The lowest BCUT2D eigenvalue weighted by Crippen LogP contribution is -2.04. The number of ether oxygens (including phenoxy) is 1. The highest BCUT2D eigenvalue weighted by atomic mass is 79.9. The van der Waals surface area contributed by atoms with Gasteiger partial charge < -0.3 is 9.84 Å². The Hall–Kier alpha value is -2.48. The molecule has 0 aliphatic rings. The van der Waals surface area contributed by atoms with E-state index in [4.69, 9.17) is 9.84 Å². The summed E-state index contributed by atoms with van der Waals surface area (Å²) in [6.45, 7) is 0. The van der Waals surface area contributed by atoms with Gasteiger partial charge in [-0.3, -0.25) is 10.1 Å². The lowest BCUT2D eigenvalue weighted by atomic mass is 10.1. The maximum absolute atomic E-state index is 13.4. The molecule has 1 N–H and O–H groups in total. The summed E-state index contributed by atoms with van der Waals surface area (Å²) in [5.74, 6) is -2.32. The van der Waals surface area contributed by atoms with Crippen LogP contribution in [-0.4, -0.2) is 16.0 Å². The first-order chi connectivity index (χ1) is 9.90. The minimum atomic E-state index is -1.45. The number of carboxylic acids is 1. The van der Waals surface area contributed by atoms with Gasteiger partial charge in [0.15, 0.2) is 0 Å². The molecular formula is C13H7BrFNO5. The Balaban J connectivity index is 2.48. The van der Waals surface area contributed by atoms with Crippen molar-refractivity contribution in [3.63, 3.8) is 0 Å². The molecule has 6 nitrogen and oxygen atoms in total. The van der Waals surface area contributed by atoms with Gasteiger partial charge in [0.05, 0.1) is 9.40 Å². The van der Waals surface area contributed by atoms with Crippen LogP contribution in [0, 0.1) is 15.9 Å². The number of nitro groups is 1. The normalized spacial score (nSPS) is 10.2. The first-order valence-electron chi connectivity index (χ1n) is 5.53. The molecule has 8 heteroatoms. The van der Waals surface area contributed by atoms with Gasteiger partial charge in [0, 0.05) is 6.07 Å². The van der Waals surface area contributed by atoms with Gasteiger partial charge in [-0.05, 0) is 40.2 Å². The van der Waals surface area contributed by atoms with Crippen LogP contribution in [0.1, 0.15) is 10.4 Å². The summed E-state index contributed by atoms with van der Waals surface area (Å²) < 4.78 is 18.8. The zero-order valence-electron chi connectivity index (χ0n) is 10.2. The van der Waals surface area contributed by atoms with E-state index in [1.54, 1.807) is 0 Å². The molecule has 0 radical (unpaired) electrons. The van der Waals surface area contributed by atoms with Crippen molar-refractivity contribution in [1.82, 2.24) is 0 Å². The summed E-state index contributed by atoms with van der Waals surface area (Å²) in [7, 11) is 0. The Labute approximate surface area is 126 Å². The fourth-order valence-corrected chi connectivity index (χ4v) is 1.88. The molecule has 0 unspecified atom stereocenters. The van der Waals surface area contributed by atoms with Crippen LogP contribution in [0.15, 0.2) is 40.9 Å². The molecule has 0 saturated carbocycles. The molecule has 0 bridgehead atoms. The smallest absolute Gasteiger partial charge is 0.342 e. The van der Waals surface area contributed by atoms with Crippen LogP contribution < -0.4 is 4.74 Å². The van der Waals surface area contributed by atoms with Gasteiger partial charge in [0.25, 0.3) is 0 Å². The van der Waals surface area contributed by atoms with Gasteiger partial charge in [0.1, 0.15) is 17.1 Å². The summed E-state index contributed by atoms with van der Waals surface area (Å²) in [6, 6.07) is 7.43. The molecule has 0 aromatic heterocycles. The van der Waals surface area contributed by atoms with Gasteiger partial charge in [-0.2, -0.15) is 0 Å². The summed E-state index contributed by atoms with van der Waals surface area (Å²) >= 11 is 2.97. The number of para-hydroxylation sites is 1. The molecule has 0 aliphatic heterocycles. The second kappa shape index (κ2) is 5.88. The second-order valence-electron chi connectivity index (χ2n) is 3.89. The lowest BCUT2D eigenvalue weighted by molar-refractivity contribution is -0.386. The SMILES string of the molecule is O=C(O)c1cccc(Oc2ccc(Br)c(F)c2)c1[N+](=O)[O-]. The summed E-state index contributed by atoms with van der Waals surface area (Å²) in [5, 5.41) is 20.0. The monoisotopic (exact) mass is 355 g/mol. The van der Waals surface area contributed by atoms with Crippen LogP contribution in [0.5, 0.6) is 11.5 Å². The Morgan fingerprint density at radius 3 is 2.62 bits per heavy atom. The van der Waals surface area contributed by atoms with Crippen LogP contribution in [0.25, 0.3) is 0 Å². The number of hydrogen-bond donors (Lipinski definition) is 1. The molecule has 108 valence electrons. The molecule has 0 aliphatic carbocycles. The maximum atomic E-state index is 13.4. The average molecular weight is 356 g/mol. The number of carbonyl (C=O) groups is 1. The number of nitro benzene ring substituents is 1. The van der Waals surface area contributed by atoms with E-state index in [0.29, 0.717) is 0 Å². The van der Waals surface area contributed by atoms with E-state index in [2.05, 4.69) is 15.9 Å². The molecule has 0 amide bonds. The minimum absolute atomic E-state index is 0.0151. The molecule has 2 aromatic carbocycles. The Morgan fingerprint density at radius 1 is 1.33 bits per heavy atom. The number of halogens is 2. The molecule has 2 aromatic rings.